The Kier molecular flexibility index (Phi) is 14.0. The van der Waals surface area contributed by atoms with Crippen LogP contribution in [-0.4, -0.2) is 101 Å². The number of esters is 4. The summed E-state index contributed by atoms with van der Waals surface area (Å²) in [5.74, 6) is -1.74. The lowest BCUT2D eigenvalue weighted by Crippen LogP contribution is -2.39. The first-order valence-electron chi connectivity index (χ1n) is 13.1. The molecule has 0 amide bonds. The monoisotopic (exact) mass is 544 g/mol. The van der Waals surface area contributed by atoms with Crippen molar-refractivity contribution in [1.82, 2.24) is 9.80 Å². The largest absolute Gasteiger partial charge is 0.464 e. The Morgan fingerprint density at radius 1 is 0.447 bits per heavy atom. The van der Waals surface area contributed by atoms with Crippen molar-refractivity contribution in [2.75, 3.05) is 67.7 Å². The molecule has 0 aromatic heterocycles. The van der Waals surface area contributed by atoms with Gasteiger partial charge in [0.15, 0.2) is 0 Å². The third-order valence-electron chi connectivity index (χ3n) is 6.07. The summed E-state index contributed by atoms with van der Waals surface area (Å²) in [5, 5.41) is 0. The van der Waals surface area contributed by atoms with Gasteiger partial charge in [-0.3, -0.25) is 19.2 Å². The lowest BCUT2D eigenvalue weighted by molar-refractivity contribution is -0.168. The number of nitrogens with zero attached hydrogens (tertiary/aromatic N) is 2. The van der Waals surface area contributed by atoms with E-state index in [1.165, 1.54) is 0 Å². The van der Waals surface area contributed by atoms with Crippen molar-refractivity contribution in [2.45, 2.75) is 68.2 Å². The quantitative estimate of drug-likeness (QED) is 0.154. The summed E-state index contributed by atoms with van der Waals surface area (Å²) >= 11 is 0. The molecular formula is C28H52N2O8. The molecule has 0 spiro atoms. The van der Waals surface area contributed by atoms with Crippen LogP contribution in [0.3, 0.4) is 0 Å². The maximum atomic E-state index is 12.7. The SMILES string of the molecule is CN(C)CCOC(=O)C(C)(C)CC(C)(C)C(=O)OCCOC(=O)C(C)(C)CC(C)(C)C(=O)OCCN(C)C. The van der Waals surface area contributed by atoms with E-state index in [0.717, 1.165) is 0 Å². The molecule has 0 atom stereocenters. The van der Waals surface area contributed by atoms with Crippen LogP contribution in [0.4, 0.5) is 0 Å². The van der Waals surface area contributed by atoms with Crippen LogP contribution in [-0.2, 0) is 38.1 Å². The van der Waals surface area contributed by atoms with E-state index in [1.807, 2.05) is 38.0 Å². The van der Waals surface area contributed by atoms with E-state index in [0.29, 0.717) is 13.1 Å². The average molecular weight is 545 g/mol. The van der Waals surface area contributed by atoms with Crippen molar-refractivity contribution in [3.63, 3.8) is 0 Å². The number of likely N-dealkylation sites (N-methyl/N-ethyl adjacent to an activating group) is 2. The molecule has 0 aromatic carbocycles. The van der Waals surface area contributed by atoms with Gasteiger partial charge in [-0.1, -0.05) is 0 Å². The highest BCUT2D eigenvalue weighted by molar-refractivity contribution is 5.81. The molecule has 0 unspecified atom stereocenters. The predicted molar refractivity (Wildman–Crippen MR) is 145 cm³/mol. The fourth-order valence-electron chi connectivity index (χ4n) is 4.19. The normalized spacial score (nSPS) is 12.9. The van der Waals surface area contributed by atoms with Gasteiger partial charge in [-0.25, -0.2) is 0 Å². The van der Waals surface area contributed by atoms with Crippen molar-refractivity contribution < 1.29 is 38.1 Å². The standard InChI is InChI=1S/C28H52N2O8/c1-25(2,21(31)35-15-13-29(9)10)19-27(5,6)23(33)37-17-18-38-24(34)28(7,8)20-26(3,4)22(32)36-16-14-30(11)12/h13-20H2,1-12H3. The van der Waals surface area contributed by atoms with E-state index in [-0.39, 0.29) is 51.2 Å². The molecule has 0 heterocycles. The van der Waals surface area contributed by atoms with Gasteiger partial charge in [0.05, 0.1) is 21.7 Å². The first kappa shape index (κ1) is 35.8. The molecule has 0 saturated heterocycles. The minimum atomic E-state index is -0.954. The van der Waals surface area contributed by atoms with Crippen LogP contribution in [0, 0.1) is 21.7 Å². The van der Waals surface area contributed by atoms with Gasteiger partial charge in [0.2, 0.25) is 0 Å². The molecule has 0 radical (unpaired) electrons. The third-order valence-corrected chi connectivity index (χ3v) is 6.07. The van der Waals surface area contributed by atoms with Crippen molar-refractivity contribution >= 4 is 23.9 Å². The molecule has 0 aliphatic carbocycles. The van der Waals surface area contributed by atoms with Crippen molar-refractivity contribution in [3.8, 4) is 0 Å². The van der Waals surface area contributed by atoms with Crippen molar-refractivity contribution in [3.05, 3.63) is 0 Å². The Bertz CT molecular complexity index is 735. The van der Waals surface area contributed by atoms with Crippen LogP contribution in [0.2, 0.25) is 0 Å². The molecule has 0 N–H and O–H groups in total. The second-order valence-electron chi connectivity index (χ2n) is 13.0. The first-order chi connectivity index (χ1) is 17.1. The molecule has 38 heavy (non-hydrogen) atoms. The van der Waals surface area contributed by atoms with Crippen molar-refractivity contribution in [2.24, 2.45) is 21.7 Å². The molecule has 0 aliphatic heterocycles. The van der Waals surface area contributed by atoms with Crippen LogP contribution in [0.1, 0.15) is 68.2 Å². The maximum Gasteiger partial charge on any atom is 0.311 e. The summed E-state index contributed by atoms with van der Waals surface area (Å²) in [6.45, 7) is 15.3. The smallest absolute Gasteiger partial charge is 0.311 e. The number of carbonyl (C=O) groups excluding carboxylic acids is 4. The van der Waals surface area contributed by atoms with Gasteiger partial charge in [0.1, 0.15) is 26.4 Å². The lowest BCUT2D eigenvalue weighted by Gasteiger charge is -2.32. The molecule has 0 bridgehead atoms. The minimum Gasteiger partial charge on any atom is -0.464 e. The second kappa shape index (κ2) is 14.8. The molecule has 10 heteroatoms. The Labute approximate surface area is 229 Å². The van der Waals surface area contributed by atoms with Gasteiger partial charge in [0.25, 0.3) is 0 Å². The number of ether oxygens (including phenoxy) is 4. The summed E-state index contributed by atoms with van der Waals surface area (Å²) in [6, 6.07) is 0. The lowest BCUT2D eigenvalue weighted by atomic mass is 9.75. The zero-order valence-electron chi connectivity index (χ0n) is 25.8. The summed E-state index contributed by atoms with van der Waals surface area (Å²) in [7, 11) is 7.56. The molecule has 10 nitrogen and oxygen atoms in total. The summed E-state index contributed by atoms with van der Waals surface area (Å²) < 4.78 is 21.4. The van der Waals surface area contributed by atoms with Gasteiger partial charge in [-0.05, 0) is 96.4 Å². The van der Waals surface area contributed by atoms with E-state index < -0.39 is 33.6 Å². The van der Waals surface area contributed by atoms with Gasteiger partial charge < -0.3 is 28.7 Å². The summed E-state index contributed by atoms with van der Waals surface area (Å²) in [4.78, 5) is 54.3. The van der Waals surface area contributed by atoms with Gasteiger partial charge >= 0.3 is 23.9 Å². The second-order valence-corrected chi connectivity index (χ2v) is 13.0. The fraction of sp³-hybridized carbons (Fsp3) is 0.857. The van der Waals surface area contributed by atoms with Crippen LogP contribution in [0.15, 0.2) is 0 Å². The molecule has 0 aromatic rings. The highest BCUT2D eigenvalue weighted by Crippen LogP contribution is 2.37. The Morgan fingerprint density at radius 3 is 0.868 bits per heavy atom. The van der Waals surface area contributed by atoms with E-state index >= 15 is 0 Å². The Balaban J connectivity index is 4.74. The van der Waals surface area contributed by atoms with Gasteiger partial charge in [0, 0.05) is 13.1 Å². The van der Waals surface area contributed by atoms with E-state index in [1.54, 1.807) is 55.4 Å². The molecule has 0 aliphatic rings. The van der Waals surface area contributed by atoms with Crippen LogP contribution in [0.25, 0.3) is 0 Å². The number of hydrogen-bond acceptors (Lipinski definition) is 10. The fourth-order valence-corrected chi connectivity index (χ4v) is 4.19. The van der Waals surface area contributed by atoms with Gasteiger partial charge in [-0.2, -0.15) is 0 Å². The molecular weight excluding hydrogens is 492 g/mol. The average Bonchev–Trinajstić information content (AvgIpc) is 2.74. The summed E-state index contributed by atoms with van der Waals surface area (Å²) in [5.41, 5.74) is -3.67. The minimum absolute atomic E-state index is 0.117. The van der Waals surface area contributed by atoms with Gasteiger partial charge in [-0.15, -0.1) is 0 Å². The highest BCUT2D eigenvalue weighted by atomic mass is 16.6. The number of rotatable bonds is 17. The zero-order chi connectivity index (χ0) is 29.9. The third kappa shape index (κ3) is 13.0. The maximum absolute atomic E-state index is 12.7. The Hall–Kier alpha value is -2.20. The van der Waals surface area contributed by atoms with E-state index in [4.69, 9.17) is 18.9 Å². The van der Waals surface area contributed by atoms with Crippen LogP contribution < -0.4 is 0 Å². The number of hydrogen-bond donors (Lipinski definition) is 0. The van der Waals surface area contributed by atoms with E-state index in [2.05, 4.69) is 0 Å². The molecule has 0 saturated carbocycles. The predicted octanol–water partition coefficient (Wildman–Crippen LogP) is 3.17. The number of carbonyl (C=O) groups is 4. The molecule has 0 rings (SSSR count). The first-order valence-corrected chi connectivity index (χ1v) is 13.1. The topological polar surface area (TPSA) is 112 Å². The van der Waals surface area contributed by atoms with E-state index in [9.17, 15) is 19.2 Å². The summed E-state index contributed by atoms with van der Waals surface area (Å²) in [6.07, 6.45) is 0.457. The molecule has 222 valence electrons. The van der Waals surface area contributed by atoms with Crippen LogP contribution in [0.5, 0.6) is 0 Å². The van der Waals surface area contributed by atoms with Crippen molar-refractivity contribution in [1.29, 1.82) is 0 Å². The zero-order valence-corrected chi connectivity index (χ0v) is 25.8. The Morgan fingerprint density at radius 2 is 0.658 bits per heavy atom. The highest BCUT2D eigenvalue weighted by Gasteiger charge is 2.42. The van der Waals surface area contributed by atoms with Crippen LogP contribution >= 0.6 is 0 Å². The molecule has 0 fully saturated rings.